The third-order valence-corrected chi connectivity index (χ3v) is 6.26. The van der Waals surface area contributed by atoms with Crippen molar-refractivity contribution in [1.29, 1.82) is 0 Å². The van der Waals surface area contributed by atoms with E-state index in [0.717, 1.165) is 17.5 Å². The van der Waals surface area contributed by atoms with Gasteiger partial charge < -0.3 is 5.11 Å². The van der Waals surface area contributed by atoms with Crippen LogP contribution in [0.4, 0.5) is 0 Å². The maximum atomic E-state index is 11.9. The Balaban J connectivity index is 2.12. The minimum atomic E-state index is -4.53. The average Bonchev–Trinajstić information content (AvgIpc) is 2.72. The van der Waals surface area contributed by atoms with E-state index in [1.807, 2.05) is 61.5 Å². The van der Waals surface area contributed by atoms with Gasteiger partial charge in [-0.3, -0.25) is 4.55 Å². The van der Waals surface area contributed by atoms with E-state index in [1.54, 1.807) is 0 Å². The van der Waals surface area contributed by atoms with E-state index in [1.165, 1.54) is 11.6 Å². The number of benzene rings is 3. The van der Waals surface area contributed by atoms with E-state index in [-0.39, 0.29) is 17.6 Å². The molecule has 0 spiro atoms. The average molecular weight is 411 g/mol. The van der Waals surface area contributed by atoms with Gasteiger partial charge in [0.25, 0.3) is 10.1 Å². The van der Waals surface area contributed by atoms with Crippen molar-refractivity contribution in [1.82, 2.24) is 0 Å². The second-order valence-corrected chi connectivity index (χ2v) is 8.76. The highest BCUT2D eigenvalue weighted by molar-refractivity contribution is 7.86. The Bertz CT molecular complexity index is 1060. The summed E-state index contributed by atoms with van der Waals surface area (Å²) in [6, 6.07) is 23.3. The molecule has 0 saturated carbocycles. The van der Waals surface area contributed by atoms with Crippen LogP contribution < -0.4 is 0 Å². The number of aryl methyl sites for hydroxylation is 1. The Morgan fingerprint density at radius 3 is 1.93 bits per heavy atom. The minimum absolute atomic E-state index is 0.0854. The molecule has 0 aliphatic carbocycles. The van der Waals surface area contributed by atoms with Gasteiger partial charge in [-0.1, -0.05) is 80.6 Å². The third kappa shape index (κ3) is 4.86. The fourth-order valence-corrected chi connectivity index (χ4v) is 4.44. The molecule has 0 aliphatic heterocycles. The van der Waals surface area contributed by atoms with Gasteiger partial charge in [0.15, 0.2) is 0 Å². The van der Waals surface area contributed by atoms with Gasteiger partial charge in [-0.05, 0) is 47.1 Å². The second-order valence-electron chi connectivity index (χ2n) is 7.37. The van der Waals surface area contributed by atoms with Crippen LogP contribution in [-0.4, -0.2) is 18.1 Å². The van der Waals surface area contributed by atoms with E-state index >= 15 is 0 Å². The number of aromatic hydroxyl groups is 1. The van der Waals surface area contributed by atoms with Crippen molar-refractivity contribution in [2.45, 2.75) is 43.4 Å². The Morgan fingerprint density at radius 1 is 0.862 bits per heavy atom. The molecule has 2 N–H and O–H groups in total. The Kier molecular flexibility index (Phi) is 6.40. The van der Waals surface area contributed by atoms with Crippen LogP contribution in [0.2, 0.25) is 0 Å². The van der Waals surface area contributed by atoms with Crippen molar-refractivity contribution in [3.8, 4) is 5.75 Å². The number of phenolic OH excluding ortho intramolecular Hbond substituents is 1. The molecule has 0 fully saturated rings. The summed E-state index contributed by atoms with van der Waals surface area (Å²) in [5.41, 5.74) is 3.53. The van der Waals surface area contributed by atoms with E-state index in [0.29, 0.717) is 12.0 Å². The first-order valence-corrected chi connectivity index (χ1v) is 11.2. The van der Waals surface area contributed by atoms with Gasteiger partial charge in [-0.2, -0.15) is 8.42 Å². The van der Waals surface area contributed by atoms with E-state index in [4.69, 9.17) is 0 Å². The van der Waals surface area contributed by atoms with Crippen LogP contribution in [-0.2, 0) is 16.5 Å². The summed E-state index contributed by atoms with van der Waals surface area (Å²) < 4.78 is 33.4. The van der Waals surface area contributed by atoms with Gasteiger partial charge in [0.2, 0.25) is 0 Å². The highest BCUT2D eigenvalue weighted by Crippen LogP contribution is 2.39. The van der Waals surface area contributed by atoms with E-state index in [9.17, 15) is 18.1 Å². The number of phenols is 1. The summed E-state index contributed by atoms with van der Waals surface area (Å²) in [4.78, 5) is -0.430. The summed E-state index contributed by atoms with van der Waals surface area (Å²) in [7, 11) is -4.53. The normalized spacial score (nSPS) is 13.8. The lowest BCUT2D eigenvalue weighted by Gasteiger charge is -2.24. The molecule has 5 heteroatoms. The first-order valence-electron chi connectivity index (χ1n) is 9.74. The van der Waals surface area contributed by atoms with E-state index < -0.39 is 15.0 Å². The Hall–Kier alpha value is -2.63. The molecule has 3 rings (SSSR count). The fraction of sp³-hybridized carbons (Fsp3) is 0.250. The van der Waals surface area contributed by atoms with Crippen molar-refractivity contribution in [2.75, 3.05) is 0 Å². The van der Waals surface area contributed by atoms with Crippen LogP contribution in [0.15, 0.2) is 77.7 Å². The zero-order chi connectivity index (χ0) is 21.0. The lowest BCUT2D eigenvalue weighted by atomic mass is 9.81. The molecular formula is C24H26O4S. The topological polar surface area (TPSA) is 74.6 Å². The molecule has 152 valence electrons. The standard InChI is InChI=1S/C24H26O4S/c1-3-18-15-21(16-23(24(18)25)29(26,27)28)22(20-12-8-5-9-13-20)14-17(2)19-10-6-4-7-11-19/h4-13,15-17,22,25H,3,14H2,1-2H3,(H,26,27,28). The number of hydrogen-bond acceptors (Lipinski definition) is 3. The van der Waals surface area contributed by atoms with Crippen molar-refractivity contribution >= 4 is 10.1 Å². The molecule has 2 atom stereocenters. The summed E-state index contributed by atoms with van der Waals surface area (Å²) in [6.07, 6.45) is 1.21. The molecule has 0 aromatic heterocycles. The molecule has 3 aromatic rings. The summed E-state index contributed by atoms with van der Waals surface area (Å²) >= 11 is 0. The quantitative estimate of drug-likeness (QED) is 0.503. The third-order valence-electron chi connectivity index (χ3n) is 5.40. The molecule has 3 aromatic carbocycles. The Morgan fingerprint density at radius 2 is 1.41 bits per heavy atom. The van der Waals surface area contributed by atoms with Gasteiger partial charge in [-0.25, -0.2) is 0 Å². The highest BCUT2D eigenvalue weighted by atomic mass is 32.2. The molecule has 0 bridgehead atoms. The smallest absolute Gasteiger partial charge is 0.298 e. The van der Waals surface area contributed by atoms with Gasteiger partial charge in [0.1, 0.15) is 10.6 Å². The molecule has 0 heterocycles. The van der Waals surface area contributed by atoms with Crippen LogP contribution in [0, 0.1) is 0 Å². The van der Waals surface area contributed by atoms with Crippen molar-refractivity contribution in [3.05, 3.63) is 95.1 Å². The van der Waals surface area contributed by atoms with Crippen LogP contribution in [0.5, 0.6) is 5.75 Å². The minimum Gasteiger partial charge on any atom is -0.506 e. The Labute approximate surface area is 172 Å². The predicted octanol–water partition coefficient (Wildman–Crippen LogP) is 5.53. The van der Waals surface area contributed by atoms with E-state index in [2.05, 4.69) is 19.1 Å². The maximum Gasteiger partial charge on any atom is 0.298 e. The largest absolute Gasteiger partial charge is 0.506 e. The van der Waals surface area contributed by atoms with Gasteiger partial charge in [0, 0.05) is 5.92 Å². The number of rotatable bonds is 7. The molecule has 4 nitrogen and oxygen atoms in total. The zero-order valence-electron chi connectivity index (χ0n) is 16.6. The van der Waals surface area contributed by atoms with Crippen molar-refractivity contribution < 1.29 is 18.1 Å². The second kappa shape index (κ2) is 8.80. The summed E-state index contributed by atoms with van der Waals surface area (Å²) in [5, 5.41) is 10.3. The molecule has 0 aliphatic rings. The molecule has 0 amide bonds. The molecule has 2 unspecified atom stereocenters. The van der Waals surface area contributed by atoms with Crippen molar-refractivity contribution in [2.24, 2.45) is 0 Å². The van der Waals surface area contributed by atoms with Gasteiger partial charge >= 0.3 is 0 Å². The molecular weight excluding hydrogens is 384 g/mol. The lowest BCUT2D eigenvalue weighted by Crippen LogP contribution is -2.09. The first kappa shape index (κ1) is 21.1. The van der Waals surface area contributed by atoms with Crippen LogP contribution in [0.25, 0.3) is 0 Å². The SMILES string of the molecule is CCc1cc(C(CC(C)c2ccccc2)c2ccccc2)cc(S(=O)(=O)O)c1O. The first-order chi connectivity index (χ1) is 13.8. The highest BCUT2D eigenvalue weighted by Gasteiger charge is 2.24. The van der Waals surface area contributed by atoms with Crippen LogP contribution in [0.3, 0.4) is 0 Å². The fourth-order valence-electron chi connectivity index (χ4n) is 3.78. The molecule has 29 heavy (non-hydrogen) atoms. The van der Waals surface area contributed by atoms with Crippen LogP contribution >= 0.6 is 0 Å². The number of hydrogen-bond donors (Lipinski definition) is 2. The van der Waals surface area contributed by atoms with Gasteiger partial charge in [0.05, 0.1) is 0 Å². The molecule has 0 saturated heterocycles. The van der Waals surface area contributed by atoms with Gasteiger partial charge in [-0.15, -0.1) is 0 Å². The molecule has 0 radical (unpaired) electrons. The summed E-state index contributed by atoms with van der Waals surface area (Å²) in [6.45, 7) is 3.99. The monoisotopic (exact) mass is 410 g/mol. The summed E-state index contributed by atoms with van der Waals surface area (Å²) in [5.74, 6) is -0.228. The van der Waals surface area contributed by atoms with Crippen LogP contribution in [0.1, 0.15) is 54.4 Å². The predicted molar refractivity (Wildman–Crippen MR) is 115 cm³/mol. The maximum absolute atomic E-state index is 11.9. The zero-order valence-corrected chi connectivity index (χ0v) is 17.4. The van der Waals surface area contributed by atoms with Crippen molar-refractivity contribution in [3.63, 3.8) is 0 Å². The lowest BCUT2D eigenvalue weighted by molar-refractivity contribution is 0.437.